The minimum atomic E-state index is 0.218. The van der Waals surface area contributed by atoms with Gasteiger partial charge in [-0.2, -0.15) is 0 Å². The van der Waals surface area contributed by atoms with E-state index >= 15 is 0 Å². The predicted octanol–water partition coefficient (Wildman–Crippen LogP) is 5.92. The highest BCUT2D eigenvalue weighted by molar-refractivity contribution is 5.55. The van der Waals surface area contributed by atoms with Crippen molar-refractivity contribution in [3.8, 4) is 89.8 Å². The van der Waals surface area contributed by atoms with E-state index in [1.54, 1.807) is 0 Å². The van der Waals surface area contributed by atoms with Crippen LogP contribution in [0.2, 0.25) is 0 Å². The first-order valence-corrected chi connectivity index (χ1v) is 12.9. The van der Waals surface area contributed by atoms with Crippen LogP contribution in [0.25, 0.3) is 0 Å². The van der Waals surface area contributed by atoms with Crippen molar-refractivity contribution in [3.63, 3.8) is 0 Å². The van der Waals surface area contributed by atoms with Gasteiger partial charge in [0.2, 0.25) is 0 Å². The molecule has 0 radical (unpaired) electrons. The molecule has 0 bridgehead atoms. The van der Waals surface area contributed by atoms with Crippen LogP contribution in [0.1, 0.15) is 33.4 Å². The van der Waals surface area contributed by atoms with Crippen molar-refractivity contribution in [3.05, 3.63) is 124 Å². The van der Waals surface area contributed by atoms with Crippen molar-refractivity contribution in [2.75, 3.05) is 19.8 Å². The van der Waals surface area contributed by atoms with Gasteiger partial charge in [0.05, 0.1) is 0 Å². The second kappa shape index (κ2) is 15.3. The molecule has 0 aliphatic rings. The van der Waals surface area contributed by atoms with Gasteiger partial charge >= 0.3 is 0 Å². The van der Waals surface area contributed by atoms with Crippen LogP contribution in [0.15, 0.2) is 91.0 Å². The molecule has 0 unspecified atom stereocenters. The molecule has 42 heavy (non-hydrogen) atoms. The Morgan fingerprint density at radius 1 is 0.357 bits per heavy atom. The fourth-order valence-corrected chi connectivity index (χ4v) is 3.56. The van der Waals surface area contributed by atoms with Gasteiger partial charge in [-0.25, -0.2) is 0 Å². The number of hydrogen-bond acceptors (Lipinski definition) is 3. The molecule has 4 aromatic rings. The number of hydrogen-bond donors (Lipinski definition) is 0. The van der Waals surface area contributed by atoms with Gasteiger partial charge in [0.1, 0.15) is 37.1 Å². The summed E-state index contributed by atoms with van der Waals surface area (Å²) in [5.41, 5.74) is 4.88. The summed E-state index contributed by atoms with van der Waals surface area (Å²) >= 11 is 0. The normalized spacial score (nSPS) is 9.07. The number of benzene rings is 4. The van der Waals surface area contributed by atoms with Gasteiger partial charge in [-0.15, -0.1) is 19.3 Å². The fraction of sp³-hybridized carbons (Fsp3) is 0.0769. The van der Waals surface area contributed by atoms with Gasteiger partial charge < -0.3 is 14.2 Å². The van der Waals surface area contributed by atoms with Gasteiger partial charge in [0.15, 0.2) is 0 Å². The van der Waals surface area contributed by atoms with Gasteiger partial charge in [0.25, 0.3) is 0 Å². The summed E-state index contributed by atoms with van der Waals surface area (Å²) in [5.74, 6) is 28.7. The summed E-state index contributed by atoms with van der Waals surface area (Å²) < 4.78 is 16.3. The van der Waals surface area contributed by atoms with Crippen molar-refractivity contribution in [2.24, 2.45) is 0 Å². The average molecular weight is 541 g/mol. The second-order valence-electron chi connectivity index (χ2n) is 8.60. The van der Waals surface area contributed by atoms with E-state index in [-0.39, 0.29) is 19.8 Å². The van der Waals surface area contributed by atoms with E-state index in [2.05, 4.69) is 53.3 Å². The van der Waals surface area contributed by atoms with Crippen molar-refractivity contribution < 1.29 is 14.2 Å². The molecule has 198 valence electrons. The Balaban J connectivity index is 1.61. The zero-order valence-corrected chi connectivity index (χ0v) is 22.7. The molecule has 0 saturated heterocycles. The topological polar surface area (TPSA) is 27.7 Å². The Labute approximate surface area is 247 Å². The van der Waals surface area contributed by atoms with Gasteiger partial charge in [-0.1, -0.05) is 53.3 Å². The maximum absolute atomic E-state index is 5.43. The zero-order valence-electron chi connectivity index (χ0n) is 22.7. The van der Waals surface area contributed by atoms with Gasteiger partial charge in [-0.05, 0) is 91.0 Å². The van der Waals surface area contributed by atoms with E-state index in [9.17, 15) is 0 Å². The van der Waals surface area contributed by atoms with Crippen molar-refractivity contribution in [1.29, 1.82) is 0 Å². The van der Waals surface area contributed by atoms with Crippen LogP contribution in [-0.4, -0.2) is 19.8 Å². The molecule has 3 nitrogen and oxygen atoms in total. The van der Waals surface area contributed by atoms with E-state index < -0.39 is 0 Å². The first kappa shape index (κ1) is 28.6. The Bertz CT molecular complexity index is 1600. The number of ether oxygens (including phenoxy) is 3. The monoisotopic (exact) mass is 540 g/mol. The smallest absolute Gasteiger partial charge is 0.148 e. The third-order valence-corrected chi connectivity index (χ3v) is 5.52. The molecule has 0 heterocycles. The minimum absolute atomic E-state index is 0.218. The second-order valence-corrected chi connectivity index (χ2v) is 8.60. The molecule has 0 aliphatic heterocycles. The Morgan fingerprint density at radius 2 is 0.595 bits per heavy atom. The maximum Gasteiger partial charge on any atom is 0.148 e. The van der Waals surface area contributed by atoms with Crippen LogP contribution in [0.5, 0.6) is 17.2 Å². The lowest BCUT2D eigenvalue weighted by Crippen LogP contribution is -1.92. The minimum Gasteiger partial charge on any atom is -0.481 e. The molecule has 0 saturated carbocycles. The average Bonchev–Trinajstić information content (AvgIpc) is 3.04. The summed E-state index contributed by atoms with van der Waals surface area (Å²) in [6, 6.07) is 28.2. The van der Waals surface area contributed by atoms with E-state index in [1.165, 1.54) is 0 Å². The van der Waals surface area contributed by atoms with E-state index in [1.807, 2.05) is 91.0 Å². The first-order valence-electron chi connectivity index (χ1n) is 12.9. The molecular weight excluding hydrogens is 516 g/mol. The molecule has 0 aromatic heterocycles. The predicted molar refractivity (Wildman–Crippen MR) is 167 cm³/mol. The molecule has 0 aliphatic carbocycles. The van der Waals surface area contributed by atoms with E-state index in [0.29, 0.717) is 17.2 Å². The van der Waals surface area contributed by atoms with E-state index in [4.69, 9.17) is 33.5 Å². The fourth-order valence-electron chi connectivity index (χ4n) is 3.56. The standard InChI is InChI=1S/C39H24O3/c1-4-25-40-37-19-13-31(14-20-37)7-10-34-28-35(11-8-32-15-21-38(22-16-32)41-26-5-2)30-36(29-34)12-9-33-17-23-39(24-18-33)42-27-6-3/h1-3,13-24,28-30H,25-27H2. The zero-order chi connectivity index (χ0) is 29.4. The van der Waals surface area contributed by atoms with Crippen LogP contribution >= 0.6 is 0 Å². The highest BCUT2D eigenvalue weighted by atomic mass is 16.5. The van der Waals surface area contributed by atoms with Crippen LogP contribution in [-0.2, 0) is 0 Å². The van der Waals surface area contributed by atoms with Crippen LogP contribution in [0.4, 0.5) is 0 Å². The summed E-state index contributed by atoms with van der Waals surface area (Å²) in [7, 11) is 0. The lowest BCUT2D eigenvalue weighted by atomic mass is 10.0. The summed E-state index contributed by atoms with van der Waals surface area (Å²) in [5, 5.41) is 0. The third kappa shape index (κ3) is 9.13. The summed E-state index contributed by atoms with van der Waals surface area (Å²) in [4.78, 5) is 0. The molecule has 0 fully saturated rings. The van der Waals surface area contributed by atoms with Gasteiger partial charge in [0, 0.05) is 33.4 Å². The Kier molecular flexibility index (Phi) is 10.4. The maximum atomic E-state index is 5.43. The summed E-state index contributed by atoms with van der Waals surface area (Å²) in [6.45, 7) is 0.655. The molecule has 4 rings (SSSR count). The molecule has 4 aromatic carbocycles. The quantitative estimate of drug-likeness (QED) is 0.284. The lowest BCUT2D eigenvalue weighted by molar-refractivity contribution is 0.370. The molecule has 0 N–H and O–H groups in total. The van der Waals surface area contributed by atoms with E-state index in [0.717, 1.165) is 33.4 Å². The molecular formula is C39H24O3. The molecule has 0 spiro atoms. The van der Waals surface area contributed by atoms with Crippen molar-refractivity contribution >= 4 is 0 Å². The first-order chi connectivity index (χ1) is 20.6. The Hall–Kier alpha value is -6.36. The van der Waals surface area contributed by atoms with Crippen molar-refractivity contribution in [2.45, 2.75) is 0 Å². The highest BCUT2D eigenvalue weighted by Crippen LogP contribution is 2.15. The molecule has 0 atom stereocenters. The highest BCUT2D eigenvalue weighted by Gasteiger charge is 1.99. The van der Waals surface area contributed by atoms with Gasteiger partial charge in [-0.3, -0.25) is 0 Å². The largest absolute Gasteiger partial charge is 0.481 e. The SMILES string of the molecule is C#CCOc1ccc(C#Cc2cc(C#Cc3ccc(OCC#C)cc3)cc(C#Cc3ccc(OCC#C)cc3)c2)cc1. The third-order valence-electron chi connectivity index (χ3n) is 5.52. The van der Waals surface area contributed by atoms with Crippen LogP contribution in [0.3, 0.4) is 0 Å². The van der Waals surface area contributed by atoms with Crippen molar-refractivity contribution in [1.82, 2.24) is 0 Å². The number of rotatable bonds is 6. The Morgan fingerprint density at radius 3 is 0.833 bits per heavy atom. The number of terminal acetylenes is 3. The van der Waals surface area contributed by atoms with Crippen LogP contribution < -0.4 is 14.2 Å². The molecule has 0 amide bonds. The van der Waals surface area contributed by atoms with Crippen LogP contribution in [0, 0.1) is 72.6 Å². The summed E-state index contributed by atoms with van der Waals surface area (Å²) in [6.07, 6.45) is 15.8. The lowest BCUT2D eigenvalue weighted by Gasteiger charge is -2.01. The molecule has 3 heteroatoms.